The number of hydrogen-bond acceptors (Lipinski definition) is 2. The largest absolute Gasteiger partial charge is 0.454 e. The average molecular weight is 254 g/mol. The predicted octanol–water partition coefficient (Wildman–Crippen LogP) is 3.51. The Labute approximate surface area is 110 Å². The molecule has 2 aromatic rings. The maximum atomic E-state index is 14.0. The van der Waals surface area contributed by atoms with Gasteiger partial charge in [0.1, 0.15) is 5.82 Å². The van der Waals surface area contributed by atoms with E-state index in [0.29, 0.717) is 28.2 Å². The fourth-order valence-corrected chi connectivity index (χ4v) is 2.13. The SMILES string of the molecule is C#Cc1cc2c(cc1-c1cc(C)ccc1F)OCO2. The van der Waals surface area contributed by atoms with Gasteiger partial charge in [0, 0.05) is 22.8 Å². The van der Waals surface area contributed by atoms with Gasteiger partial charge in [-0.25, -0.2) is 4.39 Å². The maximum Gasteiger partial charge on any atom is 0.231 e. The quantitative estimate of drug-likeness (QED) is 0.725. The standard InChI is InChI=1S/C16H11FO2/c1-3-11-7-15-16(19-9-18-15)8-12(11)13-6-10(2)4-5-14(13)17/h1,4-8H,9H2,2H3. The van der Waals surface area contributed by atoms with Crippen molar-refractivity contribution in [1.82, 2.24) is 0 Å². The summed E-state index contributed by atoms with van der Waals surface area (Å²) in [6.45, 7) is 2.07. The molecule has 3 rings (SSSR count). The highest BCUT2D eigenvalue weighted by atomic mass is 19.1. The molecular formula is C16H11FO2. The lowest BCUT2D eigenvalue weighted by Gasteiger charge is -2.09. The summed E-state index contributed by atoms with van der Waals surface area (Å²) >= 11 is 0. The topological polar surface area (TPSA) is 18.5 Å². The fraction of sp³-hybridized carbons (Fsp3) is 0.125. The van der Waals surface area contributed by atoms with E-state index in [1.165, 1.54) is 6.07 Å². The summed E-state index contributed by atoms with van der Waals surface area (Å²) in [5, 5.41) is 0. The van der Waals surface area contributed by atoms with E-state index in [1.807, 2.05) is 6.92 Å². The summed E-state index contributed by atoms with van der Waals surface area (Å²) in [5.74, 6) is 3.46. The summed E-state index contributed by atoms with van der Waals surface area (Å²) in [6.07, 6.45) is 5.50. The third-order valence-electron chi connectivity index (χ3n) is 3.08. The third kappa shape index (κ3) is 1.92. The summed E-state index contributed by atoms with van der Waals surface area (Å²) < 4.78 is 24.6. The van der Waals surface area contributed by atoms with Crippen molar-refractivity contribution < 1.29 is 13.9 Å². The van der Waals surface area contributed by atoms with E-state index in [4.69, 9.17) is 15.9 Å². The van der Waals surface area contributed by atoms with Crippen molar-refractivity contribution in [2.24, 2.45) is 0 Å². The first-order chi connectivity index (χ1) is 9.19. The molecule has 0 fully saturated rings. The second kappa shape index (κ2) is 4.33. The van der Waals surface area contributed by atoms with Crippen molar-refractivity contribution in [1.29, 1.82) is 0 Å². The van der Waals surface area contributed by atoms with E-state index >= 15 is 0 Å². The summed E-state index contributed by atoms with van der Waals surface area (Å²) in [7, 11) is 0. The minimum absolute atomic E-state index is 0.166. The molecule has 0 saturated heterocycles. The Hall–Kier alpha value is -2.47. The zero-order valence-corrected chi connectivity index (χ0v) is 10.4. The second-order valence-electron chi connectivity index (χ2n) is 4.38. The molecule has 0 saturated carbocycles. The van der Waals surface area contributed by atoms with Gasteiger partial charge < -0.3 is 9.47 Å². The molecule has 1 heterocycles. The van der Waals surface area contributed by atoms with Crippen LogP contribution in [0.1, 0.15) is 11.1 Å². The first-order valence-electron chi connectivity index (χ1n) is 5.86. The Morgan fingerprint density at radius 1 is 1.11 bits per heavy atom. The monoisotopic (exact) mass is 254 g/mol. The van der Waals surface area contributed by atoms with E-state index < -0.39 is 0 Å². The Balaban J connectivity index is 2.25. The highest BCUT2D eigenvalue weighted by Crippen LogP contribution is 2.39. The van der Waals surface area contributed by atoms with Crippen molar-refractivity contribution >= 4 is 0 Å². The van der Waals surface area contributed by atoms with E-state index in [9.17, 15) is 4.39 Å². The van der Waals surface area contributed by atoms with Crippen LogP contribution in [0.4, 0.5) is 4.39 Å². The van der Waals surface area contributed by atoms with Crippen molar-refractivity contribution in [3.63, 3.8) is 0 Å². The van der Waals surface area contributed by atoms with Crippen LogP contribution in [0.15, 0.2) is 30.3 Å². The number of hydrogen-bond donors (Lipinski definition) is 0. The molecule has 0 atom stereocenters. The lowest BCUT2D eigenvalue weighted by Crippen LogP contribution is -1.92. The minimum atomic E-state index is -0.305. The number of ether oxygens (including phenoxy) is 2. The molecule has 3 heteroatoms. The maximum absolute atomic E-state index is 14.0. The molecule has 0 aliphatic carbocycles. The molecule has 2 aromatic carbocycles. The normalized spacial score (nSPS) is 12.3. The number of halogens is 1. The Morgan fingerprint density at radius 3 is 2.58 bits per heavy atom. The molecule has 0 spiro atoms. The number of aryl methyl sites for hydroxylation is 1. The van der Waals surface area contributed by atoms with E-state index in [-0.39, 0.29) is 12.6 Å². The third-order valence-corrected chi connectivity index (χ3v) is 3.08. The highest BCUT2D eigenvalue weighted by molar-refractivity contribution is 5.75. The summed E-state index contributed by atoms with van der Waals surface area (Å²) in [5.41, 5.74) is 2.69. The van der Waals surface area contributed by atoms with Gasteiger partial charge in [0.15, 0.2) is 11.5 Å². The van der Waals surface area contributed by atoms with Crippen molar-refractivity contribution in [3.05, 3.63) is 47.3 Å². The van der Waals surface area contributed by atoms with Gasteiger partial charge in [0.25, 0.3) is 0 Å². The Kier molecular flexibility index (Phi) is 2.64. The molecule has 0 N–H and O–H groups in total. The van der Waals surface area contributed by atoms with Crippen LogP contribution < -0.4 is 9.47 Å². The molecule has 19 heavy (non-hydrogen) atoms. The van der Waals surface area contributed by atoms with E-state index in [0.717, 1.165) is 5.56 Å². The minimum Gasteiger partial charge on any atom is -0.454 e. The molecule has 1 aliphatic heterocycles. The molecule has 0 radical (unpaired) electrons. The van der Waals surface area contributed by atoms with Gasteiger partial charge in [-0.3, -0.25) is 0 Å². The van der Waals surface area contributed by atoms with Crippen LogP contribution >= 0.6 is 0 Å². The average Bonchev–Trinajstić information content (AvgIpc) is 2.87. The molecule has 0 bridgehead atoms. The lowest BCUT2D eigenvalue weighted by atomic mass is 9.97. The van der Waals surface area contributed by atoms with Crippen LogP contribution in [0.25, 0.3) is 11.1 Å². The number of fused-ring (bicyclic) bond motifs is 1. The molecule has 0 amide bonds. The van der Waals surface area contributed by atoms with Crippen LogP contribution in [0.2, 0.25) is 0 Å². The van der Waals surface area contributed by atoms with Gasteiger partial charge >= 0.3 is 0 Å². The number of terminal acetylenes is 1. The number of rotatable bonds is 1. The fourth-order valence-electron chi connectivity index (χ4n) is 2.13. The molecular weight excluding hydrogens is 243 g/mol. The van der Waals surface area contributed by atoms with Crippen molar-refractivity contribution in [2.45, 2.75) is 6.92 Å². The molecule has 0 unspecified atom stereocenters. The number of benzene rings is 2. The van der Waals surface area contributed by atoms with Gasteiger partial charge in [-0.05, 0) is 25.1 Å². The lowest BCUT2D eigenvalue weighted by molar-refractivity contribution is 0.174. The summed E-state index contributed by atoms with van der Waals surface area (Å²) in [4.78, 5) is 0. The van der Waals surface area contributed by atoms with Crippen LogP contribution in [0, 0.1) is 25.1 Å². The van der Waals surface area contributed by atoms with Crippen LogP contribution in [0.5, 0.6) is 11.5 Å². The first-order valence-corrected chi connectivity index (χ1v) is 5.86. The van der Waals surface area contributed by atoms with Crippen molar-refractivity contribution in [3.8, 4) is 35.0 Å². The Morgan fingerprint density at radius 2 is 1.84 bits per heavy atom. The second-order valence-corrected chi connectivity index (χ2v) is 4.38. The first kappa shape index (κ1) is 11.6. The Bertz CT molecular complexity index is 699. The highest BCUT2D eigenvalue weighted by Gasteiger charge is 2.19. The van der Waals surface area contributed by atoms with Crippen LogP contribution in [0.3, 0.4) is 0 Å². The van der Waals surface area contributed by atoms with Crippen molar-refractivity contribution in [2.75, 3.05) is 6.79 Å². The molecule has 0 aromatic heterocycles. The predicted molar refractivity (Wildman–Crippen MR) is 70.6 cm³/mol. The van der Waals surface area contributed by atoms with Gasteiger partial charge in [-0.15, -0.1) is 6.42 Å². The van der Waals surface area contributed by atoms with Crippen LogP contribution in [-0.4, -0.2) is 6.79 Å². The van der Waals surface area contributed by atoms with Gasteiger partial charge in [-0.2, -0.15) is 0 Å². The van der Waals surface area contributed by atoms with Gasteiger partial charge in [-0.1, -0.05) is 17.6 Å². The van der Waals surface area contributed by atoms with E-state index in [2.05, 4.69) is 5.92 Å². The smallest absolute Gasteiger partial charge is 0.231 e. The van der Waals surface area contributed by atoms with E-state index in [1.54, 1.807) is 24.3 Å². The zero-order valence-electron chi connectivity index (χ0n) is 10.4. The summed E-state index contributed by atoms with van der Waals surface area (Å²) in [6, 6.07) is 8.37. The molecule has 1 aliphatic rings. The molecule has 2 nitrogen and oxygen atoms in total. The zero-order chi connectivity index (χ0) is 13.4. The van der Waals surface area contributed by atoms with Gasteiger partial charge in [0.2, 0.25) is 6.79 Å². The van der Waals surface area contributed by atoms with Gasteiger partial charge in [0.05, 0.1) is 0 Å². The molecule has 94 valence electrons. The van der Waals surface area contributed by atoms with Crippen LogP contribution in [-0.2, 0) is 0 Å².